The molecular weight excluding hydrogens is 230 g/mol. The highest BCUT2D eigenvalue weighted by molar-refractivity contribution is 9.10. The third-order valence-corrected chi connectivity index (χ3v) is 2.30. The summed E-state index contributed by atoms with van der Waals surface area (Å²) in [7, 11) is 0. The van der Waals surface area contributed by atoms with Crippen LogP contribution in [-0.4, -0.2) is 14.8 Å². The number of pyridine rings is 1. The van der Waals surface area contributed by atoms with Gasteiger partial charge in [-0.3, -0.25) is 9.67 Å². The lowest BCUT2D eigenvalue weighted by Crippen LogP contribution is -1.99. The van der Waals surface area contributed by atoms with Gasteiger partial charge in [0.05, 0.1) is 6.20 Å². The van der Waals surface area contributed by atoms with E-state index in [4.69, 9.17) is 0 Å². The summed E-state index contributed by atoms with van der Waals surface area (Å²) in [6.45, 7) is 4.20. The average molecular weight is 240 g/mol. The lowest BCUT2D eigenvalue weighted by Gasteiger charge is -2.01. The van der Waals surface area contributed by atoms with Gasteiger partial charge in [-0.05, 0) is 35.8 Å². The van der Waals surface area contributed by atoms with Crippen LogP contribution >= 0.6 is 15.9 Å². The first-order valence-corrected chi connectivity index (χ1v) is 4.96. The molecule has 13 heavy (non-hydrogen) atoms. The smallest absolute Gasteiger partial charge is 0.112 e. The van der Waals surface area contributed by atoms with Crippen molar-refractivity contribution in [2.45, 2.75) is 19.9 Å². The Morgan fingerprint density at radius 3 is 2.85 bits per heavy atom. The zero-order valence-electron chi connectivity index (χ0n) is 7.53. The monoisotopic (exact) mass is 239 g/mol. The van der Waals surface area contributed by atoms with E-state index in [-0.39, 0.29) is 0 Å². The predicted octanol–water partition coefficient (Wildman–Crippen LogP) is 2.77. The van der Waals surface area contributed by atoms with E-state index < -0.39 is 0 Å². The minimum Gasteiger partial charge on any atom is -0.267 e. The number of halogens is 1. The number of hydrogen-bond acceptors (Lipinski definition) is 2. The third kappa shape index (κ3) is 1.58. The summed E-state index contributed by atoms with van der Waals surface area (Å²) in [5, 5.41) is 4.40. The van der Waals surface area contributed by atoms with Crippen LogP contribution in [0.5, 0.6) is 0 Å². The van der Waals surface area contributed by atoms with Gasteiger partial charge in [-0.15, -0.1) is 0 Å². The molecule has 0 unspecified atom stereocenters. The first kappa shape index (κ1) is 8.69. The fraction of sp³-hybridized carbons (Fsp3) is 0.333. The Hall–Kier alpha value is -0.900. The molecule has 0 N–H and O–H groups in total. The summed E-state index contributed by atoms with van der Waals surface area (Å²) in [6, 6.07) is 2.36. The lowest BCUT2D eigenvalue weighted by atomic mass is 10.4. The molecule has 2 aromatic rings. The Bertz CT molecular complexity index is 433. The zero-order chi connectivity index (χ0) is 9.42. The van der Waals surface area contributed by atoms with Gasteiger partial charge in [-0.2, -0.15) is 5.10 Å². The van der Waals surface area contributed by atoms with Crippen LogP contribution in [0.3, 0.4) is 0 Å². The van der Waals surface area contributed by atoms with Gasteiger partial charge >= 0.3 is 0 Å². The molecule has 0 saturated heterocycles. The van der Waals surface area contributed by atoms with Gasteiger partial charge < -0.3 is 0 Å². The minimum atomic E-state index is 0.382. The molecule has 0 aliphatic heterocycles. The molecule has 2 aromatic heterocycles. The maximum absolute atomic E-state index is 4.40. The van der Waals surface area contributed by atoms with Crippen molar-refractivity contribution in [3.8, 4) is 0 Å². The van der Waals surface area contributed by atoms with Crippen LogP contribution in [0.2, 0.25) is 0 Å². The summed E-state index contributed by atoms with van der Waals surface area (Å²) >= 11 is 3.37. The molecule has 0 spiro atoms. The van der Waals surface area contributed by atoms with Crippen LogP contribution in [0, 0.1) is 0 Å². The molecule has 0 radical (unpaired) electrons. The second kappa shape index (κ2) is 3.10. The maximum Gasteiger partial charge on any atom is 0.112 e. The molecule has 0 aromatic carbocycles. The van der Waals surface area contributed by atoms with Gasteiger partial charge in [0.25, 0.3) is 0 Å². The fourth-order valence-electron chi connectivity index (χ4n) is 1.16. The largest absolute Gasteiger partial charge is 0.267 e. The standard InChI is InChI=1S/C9H10BrN3/c1-6(2)13-5-9-8(12-13)3-7(10)4-11-9/h3-6H,1-2H3. The molecule has 0 amide bonds. The minimum absolute atomic E-state index is 0.382. The molecule has 0 aliphatic rings. The highest BCUT2D eigenvalue weighted by Crippen LogP contribution is 2.16. The number of hydrogen-bond donors (Lipinski definition) is 0. The van der Waals surface area contributed by atoms with Crippen molar-refractivity contribution in [3.63, 3.8) is 0 Å². The topological polar surface area (TPSA) is 30.7 Å². The molecule has 2 heterocycles. The van der Waals surface area contributed by atoms with Crippen molar-refractivity contribution in [2.24, 2.45) is 0 Å². The summed E-state index contributed by atoms with van der Waals surface area (Å²) in [4.78, 5) is 4.25. The van der Waals surface area contributed by atoms with Crippen LogP contribution < -0.4 is 0 Å². The molecule has 0 aliphatic carbocycles. The Morgan fingerprint density at radius 1 is 1.38 bits per heavy atom. The average Bonchev–Trinajstić information content (AvgIpc) is 2.46. The van der Waals surface area contributed by atoms with E-state index >= 15 is 0 Å². The molecule has 0 fully saturated rings. The predicted molar refractivity (Wildman–Crippen MR) is 55.6 cm³/mol. The van der Waals surface area contributed by atoms with Gasteiger partial charge in [-0.25, -0.2) is 0 Å². The van der Waals surface area contributed by atoms with Crippen LogP contribution in [0.25, 0.3) is 11.0 Å². The zero-order valence-corrected chi connectivity index (χ0v) is 9.12. The fourth-order valence-corrected chi connectivity index (χ4v) is 1.48. The van der Waals surface area contributed by atoms with E-state index in [0.29, 0.717) is 6.04 Å². The van der Waals surface area contributed by atoms with E-state index in [9.17, 15) is 0 Å². The lowest BCUT2D eigenvalue weighted by molar-refractivity contribution is 0.537. The molecule has 2 rings (SSSR count). The second-order valence-corrected chi connectivity index (χ2v) is 4.18. The highest BCUT2D eigenvalue weighted by atomic mass is 79.9. The van der Waals surface area contributed by atoms with Gasteiger partial charge in [-0.1, -0.05) is 0 Å². The molecule has 68 valence electrons. The molecule has 0 bridgehead atoms. The number of rotatable bonds is 1. The number of fused-ring (bicyclic) bond motifs is 1. The normalized spacial score (nSPS) is 11.4. The Morgan fingerprint density at radius 2 is 2.15 bits per heavy atom. The number of nitrogens with zero attached hydrogens (tertiary/aromatic N) is 3. The number of aromatic nitrogens is 3. The molecule has 4 heteroatoms. The third-order valence-electron chi connectivity index (χ3n) is 1.87. The summed E-state index contributed by atoms with van der Waals surface area (Å²) < 4.78 is 2.89. The van der Waals surface area contributed by atoms with E-state index in [1.807, 2.05) is 16.9 Å². The summed E-state index contributed by atoms with van der Waals surface area (Å²) in [6.07, 6.45) is 3.75. The summed E-state index contributed by atoms with van der Waals surface area (Å²) in [5.41, 5.74) is 1.87. The quantitative estimate of drug-likeness (QED) is 0.767. The van der Waals surface area contributed by atoms with Crippen molar-refractivity contribution in [2.75, 3.05) is 0 Å². The van der Waals surface area contributed by atoms with Gasteiger partial charge in [0.15, 0.2) is 0 Å². The first-order valence-electron chi connectivity index (χ1n) is 4.17. The highest BCUT2D eigenvalue weighted by Gasteiger charge is 2.04. The van der Waals surface area contributed by atoms with Crippen molar-refractivity contribution in [1.82, 2.24) is 14.8 Å². The van der Waals surface area contributed by atoms with Gasteiger partial charge in [0, 0.05) is 16.7 Å². The Balaban J connectivity index is 2.62. The molecular formula is C9H10BrN3. The molecule has 0 saturated carbocycles. The van der Waals surface area contributed by atoms with Crippen LogP contribution in [0.15, 0.2) is 22.9 Å². The van der Waals surface area contributed by atoms with E-state index in [1.54, 1.807) is 6.20 Å². The molecule has 0 atom stereocenters. The summed E-state index contributed by atoms with van der Waals surface area (Å²) in [5.74, 6) is 0. The Kier molecular flexibility index (Phi) is 2.07. The van der Waals surface area contributed by atoms with Crippen molar-refractivity contribution in [1.29, 1.82) is 0 Å². The SMILES string of the molecule is CC(C)n1cc2ncc(Br)cc2n1. The van der Waals surface area contributed by atoms with Crippen LogP contribution in [-0.2, 0) is 0 Å². The van der Waals surface area contributed by atoms with Gasteiger partial charge in [0.2, 0.25) is 0 Å². The van der Waals surface area contributed by atoms with E-state index in [0.717, 1.165) is 15.5 Å². The maximum atomic E-state index is 4.40. The van der Waals surface area contributed by atoms with Crippen molar-refractivity contribution >= 4 is 27.0 Å². The second-order valence-electron chi connectivity index (χ2n) is 3.26. The van der Waals surface area contributed by atoms with Gasteiger partial charge in [0.1, 0.15) is 11.0 Å². The van der Waals surface area contributed by atoms with Crippen LogP contribution in [0.4, 0.5) is 0 Å². The van der Waals surface area contributed by atoms with Crippen molar-refractivity contribution in [3.05, 3.63) is 22.9 Å². The Labute approximate surface area is 84.9 Å². The molecule has 3 nitrogen and oxygen atoms in total. The first-order chi connectivity index (χ1) is 6.16. The van der Waals surface area contributed by atoms with Crippen LogP contribution in [0.1, 0.15) is 19.9 Å². The van der Waals surface area contributed by atoms with E-state index in [1.165, 1.54) is 0 Å². The van der Waals surface area contributed by atoms with E-state index in [2.05, 4.69) is 39.9 Å². The van der Waals surface area contributed by atoms with Crippen molar-refractivity contribution < 1.29 is 0 Å².